The van der Waals surface area contributed by atoms with Gasteiger partial charge in [0.05, 0.1) is 22.7 Å². The first kappa shape index (κ1) is 18.0. The number of hydrogen-bond acceptors (Lipinski definition) is 5. The van der Waals surface area contributed by atoms with Gasteiger partial charge in [0, 0.05) is 22.5 Å². The van der Waals surface area contributed by atoms with Crippen LogP contribution in [0.1, 0.15) is 23.0 Å². The van der Waals surface area contributed by atoms with Crippen LogP contribution in [0.5, 0.6) is 5.75 Å². The van der Waals surface area contributed by atoms with Crippen molar-refractivity contribution < 1.29 is 14.7 Å². The minimum Gasteiger partial charge on any atom is -0.494 e. The number of hydrogen-bond donors (Lipinski definition) is 3. The molecule has 1 amide bonds. The van der Waals surface area contributed by atoms with Crippen molar-refractivity contribution in [1.82, 2.24) is 10.5 Å². The Hall–Kier alpha value is -2.83. The van der Waals surface area contributed by atoms with Gasteiger partial charge in [0.2, 0.25) is 0 Å². The summed E-state index contributed by atoms with van der Waals surface area (Å²) in [6, 6.07) is 12.5. The minimum absolute atomic E-state index is 0.171. The first-order valence-electron chi connectivity index (χ1n) is 8.07. The average molecular weight is 372 g/mol. The van der Waals surface area contributed by atoms with E-state index in [2.05, 4.69) is 10.3 Å². The normalized spacial score (nSPS) is 10.6. The highest BCUT2D eigenvalue weighted by Crippen LogP contribution is 2.31. The summed E-state index contributed by atoms with van der Waals surface area (Å²) in [5.41, 5.74) is 4.93. The number of benzene rings is 2. The number of amides is 1. The number of aromatic nitrogens is 1. The first-order valence-corrected chi connectivity index (χ1v) is 8.45. The van der Waals surface area contributed by atoms with Gasteiger partial charge in [-0.05, 0) is 56.3 Å². The van der Waals surface area contributed by atoms with Crippen molar-refractivity contribution in [3.05, 3.63) is 58.7 Å². The van der Waals surface area contributed by atoms with E-state index >= 15 is 0 Å². The molecule has 134 valence electrons. The van der Waals surface area contributed by atoms with Crippen molar-refractivity contribution in [2.45, 2.75) is 13.8 Å². The van der Waals surface area contributed by atoms with Crippen molar-refractivity contribution in [1.29, 1.82) is 0 Å². The molecule has 3 aromatic rings. The summed E-state index contributed by atoms with van der Waals surface area (Å²) < 4.78 is 5.58. The molecule has 0 spiro atoms. The molecular weight excluding hydrogens is 354 g/mol. The van der Waals surface area contributed by atoms with Crippen molar-refractivity contribution in [2.75, 3.05) is 11.9 Å². The predicted molar refractivity (Wildman–Crippen MR) is 102 cm³/mol. The molecule has 2 aromatic carbocycles. The fourth-order valence-corrected chi connectivity index (χ4v) is 2.89. The molecule has 0 aliphatic carbocycles. The summed E-state index contributed by atoms with van der Waals surface area (Å²) >= 11 is 6.02. The van der Waals surface area contributed by atoms with Crippen molar-refractivity contribution in [3.8, 4) is 5.75 Å². The molecule has 0 atom stereocenters. The highest BCUT2D eigenvalue weighted by Gasteiger charge is 2.12. The summed E-state index contributed by atoms with van der Waals surface area (Å²) in [5, 5.41) is 13.3. The second-order valence-corrected chi connectivity index (χ2v) is 6.09. The van der Waals surface area contributed by atoms with Gasteiger partial charge in [-0.15, -0.1) is 0 Å². The largest absolute Gasteiger partial charge is 0.494 e. The standard InChI is InChI=1S/C19H18ClN3O3/c1-3-26-13-5-7-17-15(10-13)18(8-11(2)21-17)22-12-4-6-16(20)14(9-12)19(24)23-25/h4-10,25H,3H2,1-2H3,(H,21,22)(H,23,24). The van der Waals surface area contributed by atoms with Crippen LogP contribution in [0.4, 0.5) is 11.4 Å². The lowest BCUT2D eigenvalue weighted by Gasteiger charge is -2.13. The molecule has 0 saturated carbocycles. The SMILES string of the molecule is CCOc1ccc2nc(C)cc(Nc3ccc(Cl)c(C(=O)NO)c3)c2c1. The third kappa shape index (κ3) is 3.71. The molecule has 0 aliphatic rings. The molecule has 3 rings (SSSR count). The second kappa shape index (κ2) is 7.59. The maximum atomic E-state index is 11.7. The van der Waals surface area contributed by atoms with E-state index in [-0.39, 0.29) is 10.6 Å². The summed E-state index contributed by atoms with van der Waals surface area (Å²) in [6.07, 6.45) is 0. The van der Waals surface area contributed by atoms with Gasteiger partial charge in [-0.2, -0.15) is 0 Å². The molecule has 26 heavy (non-hydrogen) atoms. The highest BCUT2D eigenvalue weighted by molar-refractivity contribution is 6.34. The Bertz CT molecular complexity index is 976. The molecule has 0 aliphatic heterocycles. The smallest absolute Gasteiger partial charge is 0.276 e. The number of fused-ring (bicyclic) bond motifs is 1. The quantitative estimate of drug-likeness (QED) is 0.455. The van der Waals surface area contributed by atoms with Crippen LogP contribution in [0.3, 0.4) is 0 Å². The van der Waals surface area contributed by atoms with E-state index in [1.165, 1.54) is 0 Å². The van der Waals surface area contributed by atoms with E-state index in [1.807, 2.05) is 38.1 Å². The molecule has 0 bridgehead atoms. The van der Waals surface area contributed by atoms with Gasteiger partial charge in [0.25, 0.3) is 5.91 Å². The van der Waals surface area contributed by atoms with Crippen LogP contribution < -0.4 is 15.5 Å². The zero-order valence-corrected chi connectivity index (χ0v) is 15.1. The Labute approximate surface area is 155 Å². The monoisotopic (exact) mass is 371 g/mol. The lowest BCUT2D eigenvalue weighted by Crippen LogP contribution is -2.19. The second-order valence-electron chi connectivity index (χ2n) is 5.68. The minimum atomic E-state index is -0.673. The lowest BCUT2D eigenvalue weighted by atomic mass is 10.1. The molecule has 7 heteroatoms. The van der Waals surface area contributed by atoms with Crippen molar-refractivity contribution in [2.24, 2.45) is 0 Å². The highest BCUT2D eigenvalue weighted by atomic mass is 35.5. The number of carbonyl (C=O) groups excluding carboxylic acids is 1. The lowest BCUT2D eigenvalue weighted by molar-refractivity contribution is 0.0706. The third-order valence-electron chi connectivity index (χ3n) is 3.81. The number of hydroxylamine groups is 1. The van der Waals surface area contributed by atoms with Crippen LogP contribution in [0, 0.1) is 6.92 Å². The number of nitrogens with zero attached hydrogens (tertiary/aromatic N) is 1. The number of halogens is 1. The number of aryl methyl sites for hydroxylation is 1. The van der Waals surface area contributed by atoms with Gasteiger partial charge in [-0.3, -0.25) is 15.0 Å². The Morgan fingerprint density at radius 3 is 2.77 bits per heavy atom. The number of pyridine rings is 1. The molecule has 0 unspecified atom stereocenters. The van der Waals surface area contributed by atoms with Crippen LogP contribution in [0.15, 0.2) is 42.5 Å². The Morgan fingerprint density at radius 1 is 1.23 bits per heavy atom. The Balaban J connectivity index is 2.05. The Morgan fingerprint density at radius 2 is 2.04 bits per heavy atom. The first-order chi connectivity index (χ1) is 12.5. The van der Waals surface area contributed by atoms with E-state index < -0.39 is 5.91 Å². The van der Waals surface area contributed by atoms with Gasteiger partial charge in [0.15, 0.2) is 0 Å². The maximum absolute atomic E-state index is 11.7. The van der Waals surface area contributed by atoms with Crippen LogP contribution in [0.25, 0.3) is 10.9 Å². The fourth-order valence-electron chi connectivity index (χ4n) is 2.69. The van der Waals surface area contributed by atoms with Crippen LogP contribution in [-0.4, -0.2) is 22.7 Å². The summed E-state index contributed by atoms with van der Waals surface area (Å²) in [5.74, 6) is 0.0817. The van der Waals surface area contributed by atoms with Gasteiger partial charge in [-0.25, -0.2) is 5.48 Å². The van der Waals surface area contributed by atoms with E-state index in [1.54, 1.807) is 23.7 Å². The van der Waals surface area contributed by atoms with Crippen LogP contribution in [0.2, 0.25) is 5.02 Å². The Kier molecular flexibility index (Phi) is 5.25. The number of ether oxygens (including phenoxy) is 1. The molecule has 0 radical (unpaired) electrons. The topological polar surface area (TPSA) is 83.5 Å². The predicted octanol–water partition coefficient (Wildman–Crippen LogP) is 4.46. The number of nitrogens with one attached hydrogen (secondary N) is 2. The summed E-state index contributed by atoms with van der Waals surface area (Å²) in [6.45, 7) is 4.41. The average Bonchev–Trinajstić information content (AvgIpc) is 2.63. The number of rotatable bonds is 5. The fraction of sp³-hybridized carbons (Fsp3) is 0.158. The maximum Gasteiger partial charge on any atom is 0.276 e. The zero-order chi connectivity index (χ0) is 18.7. The molecular formula is C19H18ClN3O3. The summed E-state index contributed by atoms with van der Waals surface area (Å²) in [7, 11) is 0. The van der Waals surface area contributed by atoms with Crippen molar-refractivity contribution >= 4 is 39.8 Å². The van der Waals surface area contributed by atoms with Crippen LogP contribution in [-0.2, 0) is 0 Å². The third-order valence-corrected chi connectivity index (χ3v) is 4.14. The molecule has 6 nitrogen and oxygen atoms in total. The van der Waals surface area contributed by atoms with Gasteiger partial charge >= 0.3 is 0 Å². The number of anilines is 2. The molecule has 1 aromatic heterocycles. The van der Waals surface area contributed by atoms with Gasteiger partial charge in [-0.1, -0.05) is 11.6 Å². The molecule has 0 fully saturated rings. The molecule has 0 saturated heterocycles. The van der Waals surface area contributed by atoms with E-state index in [0.29, 0.717) is 12.3 Å². The van der Waals surface area contributed by atoms with Crippen molar-refractivity contribution in [3.63, 3.8) is 0 Å². The van der Waals surface area contributed by atoms with Gasteiger partial charge in [0.1, 0.15) is 5.75 Å². The van der Waals surface area contributed by atoms with E-state index in [0.717, 1.165) is 28.0 Å². The van der Waals surface area contributed by atoms with E-state index in [9.17, 15) is 4.79 Å². The molecule has 1 heterocycles. The summed E-state index contributed by atoms with van der Waals surface area (Å²) in [4.78, 5) is 16.3. The number of carbonyl (C=O) groups is 1. The zero-order valence-electron chi connectivity index (χ0n) is 14.3. The van der Waals surface area contributed by atoms with Crippen LogP contribution >= 0.6 is 11.6 Å². The van der Waals surface area contributed by atoms with Gasteiger partial charge < -0.3 is 10.1 Å². The van der Waals surface area contributed by atoms with E-state index in [4.69, 9.17) is 21.5 Å². The molecule has 3 N–H and O–H groups in total.